The predicted molar refractivity (Wildman–Crippen MR) is 466 cm³/mol. The molecule has 0 spiro atoms. The van der Waals surface area contributed by atoms with Gasteiger partial charge in [0, 0.05) is 26.3 Å². The van der Waals surface area contributed by atoms with Crippen LogP contribution in [-0.2, 0) is 102 Å². The lowest BCUT2D eigenvalue weighted by Crippen LogP contribution is -2.67. The van der Waals surface area contributed by atoms with Crippen LogP contribution in [0.2, 0.25) is 0 Å². The Bertz CT molecular complexity index is 4150. The monoisotopic (exact) mass is 1800 g/mol. The molecule has 42 heteroatoms. The highest BCUT2D eigenvalue weighted by Crippen LogP contribution is 2.25. The number of amides is 20. The van der Waals surface area contributed by atoms with Crippen LogP contribution >= 0.6 is 0 Å². The number of primary amides is 2. The van der Waals surface area contributed by atoms with E-state index < -0.39 is 255 Å². The smallest absolute Gasteiger partial charge is 0.248 e. The van der Waals surface area contributed by atoms with Gasteiger partial charge >= 0.3 is 0 Å². The zero-order valence-corrected chi connectivity index (χ0v) is 78.1. The number of nitrogens with one attached hydrogen (secondary N) is 17. The van der Waals surface area contributed by atoms with E-state index in [0.717, 1.165) is 5.56 Å². The van der Waals surface area contributed by atoms with Gasteiger partial charge < -0.3 is 117 Å². The van der Waals surface area contributed by atoms with E-state index in [1.165, 1.54) is 130 Å². The summed E-state index contributed by atoms with van der Waals surface area (Å²) in [5, 5.41) is 63.5. The predicted octanol–water partition coefficient (Wildman–Crippen LogP) is -3.54. The van der Waals surface area contributed by atoms with Crippen LogP contribution in [0, 0.1) is 17.8 Å². The molecule has 1 heterocycles. The Morgan fingerprint density at radius 2 is 0.850 bits per heavy atom. The van der Waals surface area contributed by atoms with Crippen LogP contribution < -0.4 is 102 Å². The van der Waals surface area contributed by atoms with E-state index in [9.17, 15) is 106 Å². The van der Waals surface area contributed by atoms with Crippen LogP contribution in [0.3, 0.4) is 0 Å². The van der Waals surface area contributed by atoms with E-state index in [0.29, 0.717) is 6.42 Å². The van der Waals surface area contributed by atoms with Crippen molar-refractivity contribution in [3.63, 3.8) is 0 Å². The molecule has 11 atom stereocenters. The normalized spacial score (nSPS) is 16.0. The van der Waals surface area contributed by atoms with Crippen molar-refractivity contribution in [1.82, 2.24) is 95.3 Å². The minimum absolute atomic E-state index is 0.0268. The molecule has 714 valence electrons. The van der Waals surface area contributed by atoms with Crippen LogP contribution in [0.4, 0.5) is 0 Å². The lowest BCUT2D eigenvalue weighted by Gasteiger charge is -2.36. The zero-order valence-electron chi connectivity index (χ0n) is 78.1. The average molecular weight is 1800 g/mol. The Hall–Kier alpha value is -11.5. The lowest BCUT2D eigenvalue weighted by atomic mass is 9.91. The molecule has 1 aromatic carbocycles. The maximum absolute atomic E-state index is 14.6. The highest BCUT2D eigenvalue weighted by molar-refractivity contribution is 6.04. The number of rotatable bonds is 51. The highest BCUT2D eigenvalue weighted by Gasteiger charge is 2.48. The molecule has 1 fully saturated rings. The molecule has 2 rings (SSSR count). The summed E-state index contributed by atoms with van der Waals surface area (Å²) in [6, 6.07) is -2.80. The largest absolute Gasteiger partial charge is 0.394 e. The fourth-order valence-corrected chi connectivity index (χ4v) is 13.0. The Labute approximate surface area is 743 Å². The van der Waals surface area contributed by atoms with Gasteiger partial charge in [0.05, 0.1) is 25.8 Å². The van der Waals surface area contributed by atoms with Crippen molar-refractivity contribution in [3.05, 3.63) is 35.9 Å². The second-order valence-electron chi connectivity index (χ2n) is 37.2. The summed E-state index contributed by atoms with van der Waals surface area (Å²) in [5.41, 5.74) is -2.43. The summed E-state index contributed by atoms with van der Waals surface area (Å²) in [5.74, 6) is -18.0. The molecule has 20 amide bonds. The van der Waals surface area contributed by atoms with Crippen LogP contribution in [0.15, 0.2) is 30.3 Å². The summed E-state index contributed by atoms with van der Waals surface area (Å²) in [7, 11) is 0. The van der Waals surface area contributed by atoms with Gasteiger partial charge in [0.25, 0.3) is 0 Å². The van der Waals surface area contributed by atoms with Crippen molar-refractivity contribution in [3.8, 4) is 0 Å². The van der Waals surface area contributed by atoms with Gasteiger partial charge in [-0.05, 0) is 185 Å². The number of aliphatic hydroxyl groups is 2. The van der Waals surface area contributed by atoms with Crippen molar-refractivity contribution in [2.24, 2.45) is 29.2 Å². The van der Waals surface area contributed by atoms with Crippen molar-refractivity contribution in [2.45, 2.75) is 335 Å². The maximum Gasteiger partial charge on any atom is 0.248 e. The standard InChI is InChI=1S/C85H142N20O22/c1-25-84(23,104-76(126)85(24,26-2)102-62(112)48(9)89-64(114)56(44-107)95-71(121)79(13,14)97-49(10)108)75(125)94-53(35-37-59(87)110)65(115)98-80(15,16)73(123)96-61(47(7)8)69(119)101-78(11,12)70(120)88-42-60(111)91-54(39-45(3)4)66(116)100-83(21,22)77(127)105-38-30-33-57(105)68(118)92-55(40-46(5)6)67(117)99-82(19,20)74(124)103-81(17,18)72(122)93-52(34-36-58(86)109)63(113)90-51(43-106)41-50-31-28-27-29-32-50/h27-29,31-32,45-48,51-57,61,106-107H,25-26,30,33-44H2,1-24H3,(H2,86,109)(H2,87,110)(H,88,120)(H,89,114)(H,90,113)(H,91,111)(H,92,118)(H,93,122)(H,94,125)(H,95,121)(H,96,123)(H,97,108)(H,98,115)(H,99,117)(H,100,116)(H,101,119)(H,102,112)(H,103,124)(H,104,126)/t48-,51+,52+,53-,54-,55-,56-,57-,61+,84-,85-/m1/s1. The van der Waals surface area contributed by atoms with Crippen molar-refractivity contribution >= 4 is 118 Å². The Balaban J connectivity index is 2.21. The Kier molecular flexibility index (Phi) is 42.1. The number of carbonyl (C=O) groups excluding carboxylic acids is 20. The van der Waals surface area contributed by atoms with E-state index in [-0.39, 0.29) is 69.7 Å². The molecule has 0 aromatic heterocycles. The number of nitrogens with two attached hydrogens (primary N) is 2. The van der Waals surface area contributed by atoms with Gasteiger partial charge in [-0.3, -0.25) is 95.9 Å². The number of nitrogens with zero attached hydrogens (tertiary/aromatic N) is 1. The minimum Gasteiger partial charge on any atom is -0.394 e. The first-order valence-corrected chi connectivity index (χ1v) is 42.7. The summed E-state index contributed by atoms with van der Waals surface area (Å²) in [6.45, 7) is 32.5. The van der Waals surface area contributed by atoms with Crippen LogP contribution in [-0.4, -0.2) is 258 Å². The lowest BCUT2D eigenvalue weighted by molar-refractivity contribution is -0.145. The molecule has 0 saturated carbocycles. The summed E-state index contributed by atoms with van der Waals surface area (Å²) in [6.07, 6.45) is -0.820. The molecule has 1 saturated heterocycles. The number of aliphatic hydroxyl groups excluding tert-OH is 2. The van der Waals surface area contributed by atoms with Gasteiger partial charge in [0.15, 0.2) is 0 Å². The van der Waals surface area contributed by atoms with E-state index in [2.05, 4.69) is 90.4 Å². The molecule has 0 bridgehead atoms. The Morgan fingerprint density at radius 1 is 0.425 bits per heavy atom. The van der Waals surface area contributed by atoms with E-state index >= 15 is 0 Å². The zero-order chi connectivity index (χ0) is 97.8. The highest BCUT2D eigenvalue weighted by atomic mass is 16.3. The Morgan fingerprint density at radius 3 is 1.33 bits per heavy atom. The van der Waals surface area contributed by atoms with E-state index in [1.54, 1.807) is 71.9 Å². The quantitative estimate of drug-likeness (QED) is 0.0300. The van der Waals surface area contributed by atoms with Crippen molar-refractivity contribution < 1.29 is 106 Å². The topological polar surface area (TPSA) is 642 Å². The second-order valence-corrected chi connectivity index (χ2v) is 37.2. The molecular weight excluding hydrogens is 1650 g/mol. The van der Waals surface area contributed by atoms with Gasteiger partial charge in [0.1, 0.15) is 92.6 Å². The third-order valence-corrected chi connectivity index (χ3v) is 21.4. The fourth-order valence-electron chi connectivity index (χ4n) is 13.0. The summed E-state index contributed by atoms with van der Waals surface area (Å²) in [4.78, 5) is 274. The van der Waals surface area contributed by atoms with Gasteiger partial charge in [-0.15, -0.1) is 0 Å². The molecule has 1 aliphatic heterocycles. The number of carbonyl (C=O) groups is 20. The van der Waals surface area contributed by atoms with Gasteiger partial charge in [0.2, 0.25) is 118 Å². The number of hydrogen-bond donors (Lipinski definition) is 21. The minimum atomic E-state index is -1.91. The van der Waals surface area contributed by atoms with Gasteiger partial charge in [-0.25, -0.2) is 0 Å². The third-order valence-electron chi connectivity index (χ3n) is 21.4. The molecule has 1 aliphatic rings. The first kappa shape index (κ1) is 112. The number of hydrogen-bond acceptors (Lipinski definition) is 22. The van der Waals surface area contributed by atoms with Gasteiger partial charge in [-0.2, -0.15) is 0 Å². The van der Waals surface area contributed by atoms with Crippen molar-refractivity contribution in [1.29, 1.82) is 0 Å². The second kappa shape index (κ2) is 47.9. The molecular formula is C85H142N20O22. The molecule has 0 radical (unpaired) electrons. The molecule has 23 N–H and O–H groups in total. The maximum atomic E-state index is 14.6. The van der Waals surface area contributed by atoms with Crippen LogP contribution in [0.25, 0.3) is 0 Å². The average Bonchev–Trinajstić information content (AvgIpc) is 1.64. The number of benzene rings is 1. The molecule has 127 heavy (non-hydrogen) atoms. The summed E-state index contributed by atoms with van der Waals surface area (Å²) >= 11 is 0. The third kappa shape index (κ3) is 35.0. The van der Waals surface area contributed by atoms with Crippen LogP contribution in [0.5, 0.6) is 0 Å². The first-order valence-electron chi connectivity index (χ1n) is 42.7. The SMILES string of the molecule is CC[C@@](C)(NC(=O)[C@@H](C)NC(=O)[C@@H](CO)NC(=O)C(C)(C)NC(C)=O)C(=O)N[C@](C)(CC)C(=O)N[C@H](CCC(N)=O)C(=O)NC(C)(C)C(=O)N[C@H](C(=O)NC(C)(C)C(=O)NCC(=O)N[C@H](CC(C)C)C(=O)NC(C)(C)C(=O)N1CCC[C@@H]1C(=O)N[C@H](CC(C)C)C(=O)NC(C)(C)C(=O)NC(C)(C)C(=O)N[C@@H](CCC(N)=O)C(=O)N[C@H](CO)Cc1ccccc1)C(C)C. The first-order chi connectivity index (χ1) is 58.3. The van der Waals surface area contributed by atoms with E-state index in [1.807, 2.05) is 0 Å². The van der Waals surface area contributed by atoms with Crippen LogP contribution in [0.1, 0.15) is 236 Å². The molecule has 0 aliphatic carbocycles. The van der Waals surface area contributed by atoms with Crippen molar-refractivity contribution in [2.75, 3.05) is 26.3 Å². The fraction of sp³-hybridized carbons (Fsp3) is 0.694. The summed E-state index contributed by atoms with van der Waals surface area (Å²) < 4.78 is 0. The molecule has 1 aromatic rings. The number of likely N-dealkylation sites (tertiary alicyclic amines) is 1. The van der Waals surface area contributed by atoms with Gasteiger partial charge in [-0.1, -0.05) is 85.7 Å². The molecule has 0 unspecified atom stereocenters. The van der Waals surface area contributed by atoms with E-state index in [4.69, 9.17) is 11.5 Å². The molecule has 42 nitrogen and oxygen atoms in total.